The van der Waals surface area contributed by atoms with Crippen LogP contribution < -0.4 is 0 Å². The van der Waals surface area contributed by atoms with Crippen LogP contribution in [0.3, 0.4) is 0 Å². The molecule has 0 amide bonds. The molecule has 1 aliphatic heterocycles. The van der Waals surface area contributed by atoms with Gasteiger partial charge in [-0.2, -0.15) is 0 Å². The van der Waals surface area contributed by atoms with E-state index in [1.807, 2.05) is 20.8 Å². The Morgan fingerprint density at radius 2 is 2.00 bits per heavy atom. The van der Waals surface area contributed by atoms with Gasteiger partial charge in [-0.3, -0.25) is 4.79 Å². The SMILES string of the molecule is CCC1=C(C)C(=O)C(C)C(CC)O1. The first kappa shape index (κ1) is 10.3. The van der Waals surface area contributed by atoms with E-state index in [0.717, 1.165) is 24.2 Å². The van der Waals surface area contributed by atoms with Gasteiger partial charge in [-0.05, 0) is 13.3 Å². The Morgan fingerprint density at radius 1 is 1.38 bits per heavy atom. The average molecular weight is 182 g/mol. The number of ether oxygens (including phenoxy) is 1. The summed E-state index contributed by atoms with van der Waals surface area (Å²) in [4.78, 5) is 11.7. The lowest BCUT2D eigenvalue weighted by Gasteiger charge is -2.30. The Bertz CT molecular complexity index is 240. The van der Waals surface area contributed by atoms with Crippen LogP contribution >= 0.6 is 0 Å². The topological polar surface area (TPSA) is 26.3 Å². The quantitative estimate of drug-likeness (QED) is 0.656. The molecule has 0 saturated carbocycles. The van der Waals surface area contributed by atoms with E-state index >= 15 is 0 Å². The van der Waals surface area contributed by atoms with E-state index in [1.54, 1.807) is 0 Å². The molecular formula is C11H18O2. The van der Waals surface area contributed by atoms with Crippen LogP contribution in [0.15, 0.2) is 11.3 Å². The second-order valence-electron chi connectivity index (χ2n) is 3.62. The zero-order valence-electron chi connectivity index (χ0n) is 8.89. The molecular weight excluding hydrogens is 164 g/mol. The fourth-order valence-corrected chi connectivity index (χ4v) is 1.81. The van der Waals surface area contributed by atoms with Crippen molar-refractivity contribution < 1.29 is 9.53 Å². The van der Waals surface area contributed by atoms with E-state index in [9.17, 15) is 4.79 Å². The standard InChI is InChI=1S/C11H18O2/c1-5-9-7(3)11(12)8(4)10(6-2)13-9/h7,9H,5-6H2,1-4H3. The van der Waals surface area contributed by atoms with E-state index in [2.05, 4.69) is 6.92 Å². The molecule has 0 fully saturated rings. The third-order valence-corrected chi connectivity index (χ3v) is 2.78. The van der Waals surface area contributed by atoms with Crippen molar-refractivity contribution in [1.29, 1.82) is 0 Å². The first-order valence-electron chi connectivity index (χ1n) is 5.02. The van der Waals surface area contributed by atoms with Crippen LogP contribution in [0.4, 0.5) is 0 Å². The molecule has 1 rings (SSSR count). The van der Waals surface area contributed by atoms with Gasteiger partial charge in [-0.15, -0.1) is 0 Å². The molecule has 2 heteroatoms. The maximum absolute atomic E-state index is 11.7. The number of hydrogen-bond donors (Lipinski definition) is 0. The molecule has 0 aromatic heterocycles. The van der Waals surface area contributed by atoms with E-state index < -0.39 is 0 Å². The lowest BCUT2D eigenvalue weighted by atomic mass is 9.90. The largest absolute Gasteiger partial charge is 0.494 e. The van der Waals surface area contributed by atoms with Gasteiger partial charge in [0.05, 0.1) is 5.92 Å². The van der Waals surface area contributed by atoms with Gasteiger partial charge in [0.15, 0.2) is 5.78 Å². The number of ketones is 1. The highest BCUT2D eigenvalue weighted by molar-refractivity contribution is 5.97. The zero-order chi connectivity index (χ0) is 10.0. The molecule has 2 unspecified atom stereocenters. The smallest absolute Gasteiger partial charge is 0.168 e. The van der Waals surface area contributed by atoms with Crippen molar-refractivity contribution in [1.82, 2.24) is 0 Å². The summed E-state index contributed by atoms with van der Waals surface area (Å²) < 4.78 is 5.74. The second kappa shape index (κ2) is 3.95. The minimum absolute atomic E-state index is 0.0281. The van der Waals surface area contributed by atoms with Crippen LogP contribution in [0.1, 0.15) is 40.5 Å². The molecule has 0 saturated heterocycles. The molecule has 2 atom stereocenters. The summed E-state index contributed by atoms with van der Waals surface area (Å²) in [5.41, 5.74) is 0.819. The number of Topliss-reactive ketones (excluding diaryl/α,β-unsaturated/α-hetero) is 1. The van der Waals surface area contributed by atoms with E-state index in [-0.39, 0.29) is 17.8 Å². The second-order valence-corrected chi connectivity index (χ2v) is 3.62. The third kappa shape index (κ3) is 1.77. The first-order chi connectivity index (χ1) is 6.11. The normalized spacial score (nSPS) is 29.1. The van der Waals surface area contributed by atoms with Gasteiger partial charge < -0.3 is 4.74 Å². The highest BCUT2D eigenvalue weighted by Gasteiger charge is 2.31. The molecule has 0 bridgehead atoms. The molecule has 0 aliphatic carbocycles. The molecule has 13 heavy (non-hydrogen) atoms. The van der Waals surface area contributed by atoms with Gasteiger partial charge in [0.1, 0.15) is 11.9 Å². The van der Waals surface area contributed by atoms with Gasteiger partial charge in [0.2, 0.25) is 0 Å². The van der Waals surface area contributed by atoms with Gasteiger partial charge >= 0.3 is 0 Å². The summed E-state index contributed by atoms with van der Waals surface area (Å²) in [5, 5.41) is 0. The van der Waals surface area contributed by atoms with Gasteiger partial charge in [0.25, 0.3) is 0 Å². The summed E-state index contributed by atoms with van der Waals surface area (Å²) >= 11 is 0. The van der Waals surface area contributed by atoms with Crippen molar-refractivity contribution in [3.63, 3.8) is 0 Å². The maximum Gasteiger partial charge on any atom is 0.168 e. The van der Waals surface area contributed by atoms with Crippen LogP contribution in [-0.2, 0) is 9.53 Å². The van der Waals surface area contributed by atoms with E-state index in [1.165, 1.54) is 0 Å². The van der Waals surface area contributed by atoms with Crippen molar-refractivity contribution in [2.45, 2.75) is 46.6 Å². The number of hydrogen-bond acceptors (Lipinski definition) is 2. The molecule has 0 spiro atoms. The van der Waals surface area contributed by atoms with E-state index in [4.69, 9.17) is 4.74 Å². The first-order valence-corrected chi connectivity index (χ1v) is 5.02. The summed E-state index contributed by atoms with van der Waals surface area (Å²) in [6, 6.07) is 0. The number of carbonyl (C=O) groups is 1. The van der Waals surface area contributed by atoms with Crippen LogP contribution in [-0.4, -0.2) is 11.9 Å². The summed E-state index contributed by atoms with van der Waals surface area (Å²) in [5.74, 6) is 1.17. The summed E-state index contributed by atoms with van der Waals surface area (Å²) in [6.07, 6.45) is 1.82. The molecule has 0 aromatic rings. The van der Waals surface area contributed by atoms with Gasteiger partial charge in [-0.25, -0.2) is 0 Å². The fraction of sp³-hybridized carbons (Fsp3) is 0.727. The van der Waals surface area contributed by atoms with Crippen LogP contribution in [0, 0.1) is 5.92 Å². The minimum atomic E-state index is 0.0281. The maximum atomic E-state index is 11.7. The average Bonchev–Trinajstić information content (AvgIpc) is 2.15. The van der Waals surface area contributed by atoms with Gasteiger partial charge in [0, 0.05) is 12.0 Å². The van der Waals surface area contributed by atoms with E-state index in [0.29, 0.717) is 0 Å². The molecule has 0 radical (unpaired) electrons. The monoisotopic (exact) mass is 182 g/mol. The summed E-state index contributed by atoms with van der Waals surface area (Å²) in [7, 11) is 0. The third-order valence-electron chi connectivity index (χ3n) is 2.78. The number of rotatable bonds is 2. The molecule has 1 heterocycles. The Kier molecular flexibility index (Phi) is 3.12. The Labute approximate surface area is 80.0 Å². The Balaban J connectivity index is 2.93. The zero-order valence-corrected chi connectivity index (χ0v) is 8.89. The molecule has 74 valence electrons. The Hall–Kier alpha value is -0.790. The predicted molar refractivity (Wildman–Crippen MR) is 52.3 cm³/mol. The molecule has 0 N–H and O–H groups in total. The van der Waals surface area contributed by atoms with Crippen molar-refractivity contribution >= 4 is 5.78 Å². The van der Waals surface area contributed by atoms with Crippen molar-refractivity contribution in [3.05, 3.63) is 11.3 Å². The summed E-state index contributed by atoms with van der Waals surface area (Å²) in [6.45, 7) is 7.90. The highest BCUT2D eigenvalue weighted by atomic mass is 16.5. The highest BCUT2D eigenvalue weighted by Crippen LogP contribution is 2.28. The molecule has 1 aliphatic rings. The van der Waals surface area contributed by atoms with Crippen molar-refractivity contribution in [3.8, 4) is 0 Å². The van der Waals surface area contributed by atoms with Crippen LogP contribution in [0.5, 0.6) is 0 Å². The predicted octanol–water partition coefficient (Wildman–Crippen LogP) is 2.68. The van der Waals surface area contributed by atoms with Crippen molar-refractivity contribution in [2.75, 3.05) is 0 Å². The van der Waals surface area contributed by atoms with Crippen LogP contribution in [0.2, 0.25) is 0 Å². The lowest BCUT2D eigenvalue weighted by Crippen LogP contribution is -2.33. The molecule has 0 aromatic carbocycles. The Morgan fingerprint density at radius 3 is 2.46 bits per heavy atom. The number of allylic oxidation sites excluding steroid dienone is 2. The fourth-order valence-electron chi connectivity index (χ4n) is 1.81. The number of carbonyl (C=O) groups excluding carboxylic acids is 1. The lowest BCUT2D eigenvalue weighted by molar-refractivity contribution is -0.125. The molecule has 2 nitrogen and oxygen atoms in total. The van der Waals surface area contributed by atoms with Crippen LogP contribution in [0.25, 0.3) is 0 Å². The van der Waals surface area contributed by atoms with Crippen molar-refractivity contribution in [2.24, 2.45) is 5.92 Å². The minimum Gasteiger partial charge on any atom is -0.494 e. The van der Waals surface area contributed by atoms with Gasteiger partial charge in [-0.1, -0.05) is 20.8 Å².